The minimum atomic E-state index is -0.416. The van der Waals surface area contributed by atoms with Gasteiger partial charge in [0, 0.05) is 30.7 Å². The number of carbonyl (C=O) groups excluding carboxylic acids is 3. The molecule has 9 nitrogen and oxygen atoms in total. The molecule has 1 saturated heterocycles. The van der Waals surface area contributed by atoms with Gasteiger partial charge >= 0.3 is 0 Å². The van der Waals surface area contributed by atoms with E-state index in [-0.39, 0.29) is 47.9 Å². The molecule has 1 aromatic carbocycles. The van der Waals surface area contributed by atoms with Gasteiger partial charge in [0.2, 0.25) is 17.7 Å². The van der Waals surface area contributed by atoms with E-state index < -0.39 is 6.29 Å². The first kappa shape index (κ1) is 25.3. The molecule has 1 aromatic rings. The SMILES string of the molecule is CCC(C)NC(=O)CCN1C(=O)C2CCCCC2N2C(SCC(=O)Nc3cccc(C)c3)=NNC12. The summed E-state index contributed by atoms with van der Waals surface area (Å²) in [6, 6.07) is 7.89. The highest BCUT2D eigenvalue weighted by molar-refractivity contribution is 8.14. The second-order valence-electron chi connectivity index (χ2n) is 9.63. The average Bonchev–Trinajstić information content (AvgIpc) is 3.26. The fourth-order valence-electron chi connectivity index (χ4n) is 5.01. The molecule has 3 amide bonds. The van der Waals surface area contributed by atoms with Crippen molar-refractivity contribution < 1.29 is 14.4 Å². The molecule has 4 unspecified atom stereocenters. The number of thioether (sulfide) groups is 1. The van der Waals surface area contributed by atoms with Crippen molar-refractivity contribution in [1.82, 2.24) is 20.5 Å². The molecule has 0 spiro atoms. The number of benzene rings is 1. The van der Waals surface area contributed by atoms with Crippen molar-refractivity contribution in [3.8, 4) is 0 Å². The summed E-state index contributed by atoms with van der Waals surface area (Å²) >= 11 is 1.38. The molecule has 0 aromatic heterocycles. The molecule has 10 heteroatoms. The number of carbonyl (C=O) groups is 3. The van der Waals surface area contributed by atoms with Crippen LogP contribution in [0, 0.1) is 12.8 Å². The van der Waals surface area contributed by atoms with E-state index in [1.807, 2.05) is 45.0 Å². The van der Waals surface area contributed by atoms with Gasteiger partial charge in [-0.1, -0.05) is 43.7 Å². The van der Waals surface area contributed by atoms with Crippen molar-refractivity contribution in [1.29, 1.82) is 0 Å². The van der Waals surface area contributed by atoms with E-state index in [0.29, 0.717) is 6.54 Å². The lowest BCUT2D eigenvalue weighted by molar-refractivity contribution is -0.155. The summed E-state index contributed by atoms with van der Waals surface area (Å²) in [6.07, 6.45) is 4.56. The topological polar surface area (TPSA) is 106 Å². The van der Waals surface area contributed by atoms with E-state index in [4.69, 9.17) is 0 Å². The average molecular weight is 501 g/mol. The molecule has 2 aliphatic heterocycles. The molecule has 4 atom stereocenters. The number of nitrogens with one attached hydrogen (secondary N) is 3. The Labute approximate surface area is 211 Å². The van der Waals surface area contributed by atoms with Crippen LogP contribution in [0.4, 0.5) is 5.69 Å². The Bertz CT molecular complexity index is 986. The number of amides is 3. The Morgan fingerprint density at radius 2 is 2.06 bits per heavy atom. The standard InChI is InChI=1S/C25H36N6O3S/c1-4-17(3)26-21(32)12-13-30-23(34)19-10-5-6-11-20(19)31-24(30)28-29-25(31)35-15-22(33)27-18-9-7-8-16(2)14-18/h7-9,14,17,19-20,24,28H,4-6,10-13,15H2,1-3H3,(H,26,32)(H,27,33). The van der Waals surface area contributed by atoms with E-state index in [1.54, 1.807) is 4.90 Å². The second-order valence-corrected chi connectivity index (χ2v) is 10.6. The van der Waals surface area contributed by atoms with Crippen LogP contribution in [0.3, 0.4) is 0 Å². The molecular formula is C25H36N6O3S. The van der Waals surface area contributed by atoms with Gasteiger partial charge in [-0.3, -0.25) is 19.8 Å². The smallest absolute Gasteiger partial charge is 0.234 e. The molecule has 2 fully saturated rings. The monoisotopic (exact) mass is 500 g/mol. The third-order valence-electron chi connectivity index (χ3n) is 6.98. The lowest BCUT2D eigenvalue weighted by Crippen LogP contribution is -2.67. The third-order valence-corrected chi connectivity index (χ3v) is 7.94. The van der Waals surface area contributed by atoms with Crippen LogP contribution in [0.2, 0.25) is 0 Å². The molecular weight excluding hydrogens is 464 g/mol. The van der Waals surface area contributed by atoms with Crippen LogP contribution >= 0.6 is 11.8 Å². The number of rotatable bonds is 8. The fourth-order valence-corrected chi connectivity index (χ4v) is 5.84. The molecule has 3 aliphatic rings. The summed E-state index contributed by atoms with van der Waals surface area (Å²) in [5.74, 6) is 0.0626. The van der Waals surface area contributed by atoms with Crippen molar-refractivity contribution in [2.45, 2.75) is 77.7 Å². The normalized spacial score (nSPS) is 24.1. The van der Waals surface area contributed by atoms with Crippen molar-refractivity contribution in [3.05, 3.63) is 29.8 Å². The molecule has 2 heterocycles. The van der Waals surface area contributed by atoms with Crippen LogP contribution in [0.15, 0.2) is 29.4 Å². The van der Waals surface area contributed by atoms with Gasteiger partial charge in [0.05, 0.1) is 11.7 Å². The maximum Gasteiger partial charge on any atom is 0.234 e. The minimum Gasteiger partial charge on any atom is -0.354 e. The zero-order valence-electron chi connectivity index (χ0n) is 20.8. The largest absolute Gasteiger partial charge is 0.354 e. The van der Waals surface area contributed by atoms with Gasteiger partial charge in [-0.25, -0.2) is 0 Å². The fraction of sp³-hybridized carbons (Fsp3) is 0.600. The molecule has 0 radical (unpaired) electrons. The van der Waals surface area contributed by atoms with Crippen LogP contribution in [-0.2, 0) is 14.4 Å². The van der Waals surface area contributed by atoms with E-state index >= 15 is 0 Å². The van der Waals surface area contributed by atoms with Crippen LogP contribution in [-0.4, -0.2) is 63.4 Å². The Balaban J connectivity index is 1.41. The summed E-state index contributed by atoms with van der Waals surface area (Å²) in [5.41, 5.74) is 4.97. The Kier molecular flexibility index (Phi) is 8.20. The van der Waals surface area contributed by atoms with Gasteiger partial charge in [-0.05, 0) is 50.8 Å². The second kappa shape index (κ2) is 11.3. The molecule has 3 N–H and O–H groups in total. The van der Waals surface area contributed by atoms with Crippen LogP contribution in [0.1, 0.15) is 57.9 Å². The minimum absolute atomic E-state index is 0.0502. The van der Waals surface area contributed by atoms with Gasteiger partial charge in [-0.15, -0.1) is 0 Å². The Hall–Kier alpha value is -2.75. The maximum absolute atomic E-state index is 13.4. The third kappa shape index (κ3) is 5.91. The first-order chi connectivity index (χ1) is 16.9. The summed E-state index contributed by atoms with van der Waals surface area (Å²) in [4.78, 5) is 42.3. The number of hydrogen-bond acceptors (Lipinski definition) is 7. The number of hydrazone groups is 1. The van der Waals surface area contributed by atoms with Crippen molar-refractivity contribution in [2.75, 3.05) is 17.6 Å². The lowest BCUT2D eigenvalue weighted by atomic mass is 9.81. The zero-order valence-corrected chi connectivity index (χ0v) is 21.6. The summed E-state index contributed by atoms with van der Waals surface area (Å²) < 4.78 is 0. The lowest BCUT2D eigenvalue weighted by Gasteiger charge is -2.50. The van der Waals surface area contributed by atoms with Gasteiger partial charge < -0.3 is 20.4 Å². The van der Waals surface area contributed by atoms with E-state index in [1.165, 1.54) is 11.8 Å². The number of anilines is 1. The predicted molar refractivity (Wildman–Crippen MR) is 138 cm³/mol. The van der Waals surface area contributed by atoms with Crippen molar-refractivity contribution in [2.24, 2.45) is 11.0 Å². The molecule has 190 valence electrons. The first-order valence-electron chi connectivity index (χ1n) is 12.6. The van der Waals surface area contributed by atoms with Crippen molar-refractivity contribution >= 4 is 40.3 Å². The number of nitrogens with zero attached hydrogens (tertiary/aromatic N) is 3. The highest BCUT2D eigenvalue weighted by Crippen LogP contribution is 2.38. The van der Waals surface area contributed by atoms with E-state index in [2.05, 4.69) is 26.1 Å². The van der Waals surface area contributed by atoms with Crippen molar-refractivity contribution in [3.63, 3.8) is 0 Å². The van der Waals surface area contributed by atoms with Gasteiger partial charge in [-0.2, -0.15) is 5.10 Å². The summed E-state index contributed by atoms with van der Waals surface area (Å²) in [7, 11) is 0. The predicted octanol–water partition coefficient (Wildman–Crippen LogP) is 2.83. The van der Waals surface area contributed by atoms with E-state index in [9.17, 15) is 14.4 Å². The summed E-state index contributed by atoms with van der Waals surface area (Å²) in [5, 5.41) is 11.2. The molecule has 1 aliphatic carbocycles. The number of amidine groups is 1. The molecule has 35 heavy (non-hydrogen) atoms. The number of aryl methyl sites for hydroxylation is 1. The highest BCUT2D eigenvalue weighted by Gasteiger charge is 2.50. The van der Waals surface area contributed by atoms with Gasteiger partial charge in [0.15, 0.2) is 11.5 Å². The highest BCUT2D eigenvalue weighted by atomic mass is 32.2. The number of hydrogen-bond donors (Lipinski definition) is 3. The quantitative estimate of drug-likeness (QED) is 0.507. The molecule has 4 rings (SSSR count). The number of fused-ring (bicyclic) bond motifs is 3. The zero-order chi connectivity index (χ0) is 24.9. The first-order valence-corrected chi connectivity index (χ1v) is 13.6. The van der Waals surface area contributed by atoms with Crippen LogP contribution in [0.5, 0.6) is 0 Å². The molecule has 1 saturated carbocycles. The van der Waals surface area contributed by atoms with Gasteiger partial charge in [0.25, 0.3) is 0 Å². The van der Waals surface area contributed by atoms with Gasteiger partial charge in [0.1, 0.15) is 0 Å². The summed E-state index contributed by atoms with van der Waals surface area (Å²) in [6.45, 7) is 6.32. The Morgan fingerprint density at radius 1 is 1.26 bits per heavy atom. The molecule has 0 bridgehead atoms. The van der Waals surface area contributed by atoms with Crippen LogP contribution in [0.25, 0.3) is 0 Å². The van der Waals surface area contributed by atoms with E-state index in [0.717, 1.165) is 48.5 Å². The Morgan fingerprint density at radius 3 is 2.83 bits per heavy atom. The maximum atomic E-state index is 13.4. The van der Waals surface area contributed by atoms with Crippen LogP contribution < -0.4 is 16.1 Å².